The molecule has 0 fully saturated rings. The molecule has 0 saturated heterocycles. The number of aryl methyl sites for hydroxylation is 1. The van der Waals surface area contributed by atoms with Crippen LogP contribution in [0.2, 0.25) is 0 Å². The Morgan fingerprint density at radius 2 is 2.00 bits per heavy atom. The van der Waals surface area contributed by atoms with Crippen molar-refractivity contribution in [2.45, 2.75) is 33.2 Å². The van der Waals surface area contributed by atoms with Crippen LogP contribution in [0.4, 0.5) is 5.69 Å². The van der Waals surface area contributed by atoms with Gasteiger partial charge in [0.25, 0.3) is 5.91 Å². The van der Waals surface area contributed by atoms with E-state index in [1.165, 1.54) is 16.7 Å². The van der Waals surface area contributed by atoms with E-state index in [1.807, 2.05) is 38.1 Å². The van der Waals surface area contributed by atoms with E-state index in [2.05, 4.69) is 15.6 Å². The molecule has 1 aromatic rings. The Morgan fingerprint density at radius 3 is 2.65 bits per heavy atom. The van der Waals surface area contributed by atoms with E-state index in [4.69, 9.17) is 0 Å². The minimum atomic E-state index is -0.602. The van der Waals surface area contributed by atoms with Crippen molar-refractivity contribution >= 4 is 40.3 Å². The van der Waals surface area contributed by atoms with Gasteiger partial charge in [-0.3, -0.25) is 24.3 Å². The van der Waals surface area contributed by atoms with Crippen LogP contribution >= 0.6 is 11.8 Å². The molecule has 2 rings (SSSR count). The molecule has 0 bridgehead atoms. The van der Waals surface area contributed by atoms with Gasteiger partial charge < -0.3 is 10.6 Å². The molecule has 1 aromatic carbocycles. The van der Waals surface area contributed by atoms with Crippen molar-refractivity contribution in [1.82, 2.24) is 10.6 Å². The number of hydrogen-bond acceptors (Lipinski definition) is 5. The molecular formula is C18H24N4O3S. The van der Waals surface area contributed by atoms with Gasteiger partial charge in [-0.2, -0.15) is 0 Å². The van der Waals surface area contributed by atoms with Crippen LogP contribution in [-0.4, -0.2) is 47.8 Å². The Hall–Kier alpha value is -2.35. The monoisotopic (exact) mass is 376 g/mol. The fourth-order valence-electron chi connectivity index (χ4n) is 2.32. The average molecular weight is 376 g/mol. The Labute approximate surface area is 157 Å². The van der Waals surface area contributed by atoms with Crippen LogP contribution in [0.15, 0.2) is 29.3 Å². The van der Waals surface area contributed by atoms with E-state index < -0.39 is 6.04 Å². The van der Waals surface area contributed by atoms with E-state index in [-0.39, 0.29) is 30.0 Å². The van der Waals surface area contributed by atoms with Crippen LogP contribution in [0.25, 0.3) is 0 Å². The molecule has 1 atom stereocenters. The molecule has 7 nitrogen and oxygen atoms in total. The zero-order valence-corrected chi connectivity index (χ0v) is 16.1. The number of anilines is 1. The predicted octanol–water partition coefficient (Wildman–Crippen LogP) is 1.46. The van der Waals surface area contributed by atoms with Crippen molar-refractivity contribution in [3.8, 4) is 0 Å². The number of benzene rings is 1. The molecule has 0 saturated carbocycles. The van der Waals surface area contributed by atoms with Gasteiger partial charge in [0.05, 0.1) is 11.4 Å². The topological polar surface area (TPSA) is 90.9 Å². The van der Waals surface area contributed by atoms with Crippen LogP contribution < -0.4 is 15.5 Å². The van der Waals surface area contributed by atoms with Gasteiger partial charge in [-0.25, -0.2) is 0 Å². The molecular weight excluding hydrogens is 352 g/mol. The molecule has 2 N–H and O–H groups in total. The van der Waals surface area contributed by atoms with Gasteiger partial charge in [0.1, 0.15) is 12.6 Å². The third-order valence-corrected chi connectivity index (χ3v) is 4.71. The SMILES string of the molecule is CCCNC(=O)[C@@H](C)NC(=O)CSC1=NCC(=O)N1c1ccc(C)cc1. The largest absolute Gasteiger partial charge is 0.354 e. The van der Waals surface area contributed by atoms with E-state index in [0.29, 0.717) is 11.7 Å². The summed E-state index contributed by atoms with van der Waals surface area (Å²) in [4.78, 5) is 41.8. The first-order valence-corrected chi connectivity index (χ1v) is 9.55. The van der Waals surface area contributed by atoms with Crippen molar-refractivity contribution in [2.75, 3.05) is 23.7 Å². The summed E-state index contributed by atoms with van der Waals surface area (Å²) in [7, 11) is 0. The molecule has 1 heterocycles. The van der Waals surface area contributed by atoms with E-state index in [9.17, 15) is 14.4 Å². The van der Waals surface area contributed by atoms with Crippen molar-refractivity contribution < 1.29 is 14.4 Å². The Bertz CT molecular complexity index is 703. The fraction of sp³-hybridized carbons (Fsp3) is 0.444. The first kappa shape index (κ1) is 20.0. The Balaban J connectivity index is 1.89. The molecule has 8 heteroatoms. The Morgan fingerprint density at radius 1 is 1.31 bits per heavy atom. The number of amides is 3. The van der Waals surface area contributed by atoms with E-state index >= 15 is 0 Å². The Kier molecular flexibility index (Phi) is 7.20. The maximum atomic E-state index is 12.1. The second kappa shape index (κ2) is 9.38. The highest BCUT2D eigenvalue weighted by atomic mass is 32.2. The summed E-state index contributed by atoms with van der Waals surface area (Å²) in [5.41, 5.74) is 1.83. The third-order valence-electron chi connectivity index (χ3n) is 3.73. The zero-order chi connectivity index (χ0) is 19.1. The highest BCUT2D eigenvalue weighted by Crippen LogP contribution is 2.24. The van der Waals surface area contributed by atoms with Crippen LogP contribution in [0.1, 0.15) is 25.8 Å². The number of aliphatic imine (C=N–C) groups is 1. The number of thioether (sulfide) groups is 1. The number of carbonyl (C=O) groups is 3. The number of nitrogens with one attached hydrogen (secondary N) is 2. The summed E-state index contributed by atoms with van der Waals surface area (Å²) < 4.78 is 0. The third kappa shape index (κ3) is 5.32. The number of rotatable bonds is 7. The highest BCUT2D eigenvalue weighted by molar-refractivity contribution is 8.14. The molecule has 0 aromatic heterocycles. The summed E-state index contributed by atoms with van der Waals surface area (Å²) in [6, 6.07) is 6.96. The van der Waals surface area contributed by atoms with Gasteiger partial charge in [-0.1, -0.05) is 36.4 Å². The molecule has 3 amide bonds. The van der Waals surface area contributed by atoms with Crippen LogP contribution in [0, 0.1) is 6.92 Å². The van der Waals surface area contributed by atoms with E-state index in [1.54, 1.807) is 6.92 Å². The maximum Gasteiger partial charge on any atom is 0.254 e. The summed E-state index contributed by atoms with van der Waals surface area (Å²) in [5, 5.41) is 5.89. The fourth-order valence-corrected chi connectivity index (χ4v) is 3.16. The van der Waals surface area contributed by atoms with Crippen LogP contribution in [0.3, 0.4) is 0 Å². The van der Waals surface area contributed by atoms with Gasteiger partial charge in [0.15, 0.2) is 5.17 Å². The summed E-state index contributed by atoms with van der Waals surface area (Å²) in [6.45, 7) is 6.24. The lowest BCUT2D eigenvalue weighted by atomic mass is 10.2. The van der Waals surface area contributed by atoms with Gasteiger partial charge in [0, 0.05) is 6.54 Å². The van der Waals surface area contributed by atoms with Crippen molar-refractivity contribution in [1.29, 1.82) is 0 Å². The van der Waals surface area contributed by atoms with Crippen LogP contribution in [-0.2, 0) is 14.4 Å². The standard InChI is InChI=1S/C18H24N4O3S/c1-4-9-19-17(25)13(3)21-15(23)11-26-18-20-10-16(24)22(18)14-7-5-12(2)6-8-14/h5-8,13H,4,9-11H2,1-3H3,(H,19,25)(H,21,23)/t13-/m1/s1. The van der Waals surface area contributed by atoms with Crippen LogP contribution in [0.5, 0.6) is 0 Å². The number of nitrogens with zero attached hydrogens (tertiary/aromatic N) is 2. The second-order valence-electron chi connectivity index (χ2n) is 6.03. The quantitative estimate of drug-likeness (QED) is 0.754. The zero-order valence-electron chi connectivity index (χ0n) is 15.2. The molecule has 26 heavy (non-hydrogen) atoms. The predicted molar refractivity (Wildman–Crippen MR) is 104 cm³/mol. The molecule has 0 unspecified atom stereocenters. The minimum absolute atomic E-state index is 0.0770. The maximum absolute atomic E-state index is 12.1. The molecule has 0 radical (unpaired) electrons. The minimum Gasteiger partial charge on any atom is -0.354 e. The summed E-state index contributed by atoms with van der Waals surface area (Å²) >= 11 is 1.19. The first-order chi connectivity index (χ1) is 12.4. The molecule has 1 aliphatic rings. The van der Waals surface area contributed by atoms with Gasteiger partial charge in [0.2, 0.25) is 11.8 Å². The smallest absolute Gasteiger partial charge is 0.254 e. The van der Waals surface area contributed by atoms with E-state index in [0.717, 1.165) is 17.7 Å². The van der Waals surface area contributed by atoms with Crippen molar-refractivity contribution in [3.05, 3.63) is 29.8 Å². The highest BCUT2D eigenvalue weighted by Gasteiger charge is 2.28. The average Bonchev–Trinajstić information content (AvgIpc) is 2.99. The number of carbonyl (C=O) groups excluding carboxylic acids is 3. The molecule has 1 aliphatic heterocycles. The summed E-state index contributed by atoms with van der Waals surface area (Å²) in [6.07, 6.45) is 0.838. The van der Waals surface area contributed by atoms with Gasteiger partial charge in [-0.15, -0.1) is 0 Å². The lowest BCUT2D eigenvalue weighted by Crippen LogP contribution is -2.45. The van der Waals surface area contributed by atoms with Crippen molar-refractivity contribution in [2.24, 2.45) is 4.99 Å². The van der Waals surface area contributed by atoms with Gasteiger partial charge >= 0.3 is 0 Å². The lowest BCUT2D eigenvalue weighted by Gasteiger charge is -2.18. The number of amidine groups is 1. The number of hydrogen-bond donors (Lipinski definition) is 2. The first-order valence-electron chi connectivity index (χ1n) is 8.56. The second-order valence-corrected chi connectivity index (χ2v) is 6.97. The molecule has 140 valence electrons. The molecule has 0 aliphatic carbocycles. The molecule has 0 spiro atoms. The normalized spacial score (nSPS) is 14.8. The van der Waals surface area contributed by atoms with Crippen molar-refractivity contribution in [3.63, 3.8) is 0 Å². The van der Waals surface area contributed by atoms with Gasteiger partial charge in [-0.05, 0) is 32.4 Å². The lowest BCUT2D eigenvalue weighted by molar-refractivity contribution is -0.127. The summed E-state index contributed by atoms with van der Waals surface area (Å²) in [5.74, 6) is -0.524.